The van der Waals surface area contributed by atoms with Gasteiger partial charge in [-0.25, -0.2) is 0 Å². The third-order valence-electron chi connectivity index (χ3n) is 7.29. The van der Waals surface area contributed by atoms with Gasteiger partial charge in [-0.05, 0) is 51.6 Å². The van der Waals surface area contributed by atoms with Crippen LogP contribution in [0.1, 0.15) is 142 Å². The number of unbranched alkanes of at least 4 members (excludes halogenated alkanes) is 16. The van der Waals surface area contributed by atoms with Crippen molar-refractivity contribution in [1.82, 2.24) is 4.90 Å². The van der Waals surface area contributed by atoms with Crippen molar-refractivity contribution in [2.24, 2.45) is 0 Å². The first-order valence-corrected chi connectivity index (χ1v) is 16.8. The van der Waals surface area contributed by atoms with Crippen molar-refractivity contribution in [1.29, 1.82) is 0 Å². The third kappa shape index (κ3) is 32.0. The molecule has 0 rings (SSSR count). The second-order valence-corrected chi connectivity index (χ2v) is 11.0. The summed E-state index contributed by atoms with van der Waals surface area (Å²) in [6, 6.07) is 0. The van der Waals surface area contributed by atoms with Crippen molar-refractivity contribution in [2.45, 2.75) is 142 Å². The van der Waals surface area contributed by atoms with Crippen LogP contribution in [0.3, 0.4) is 0 Å². The predicted molar refractivity (Wildman–Crippen MR) is 164 cm³/mol. The molecule has 0 spiro atoms. The minimum Gasteiger partial charge on any atom is -0.382 e. The number of hydrogen-bond donors (Lipinski definition) is 0. The lowest BCUT2D eigenvalue weighted by Crippen LogP contribution is -2.30. The number of rotatable bonds is 34. The van der Waals surface area contributed by atoms with Crippen LogP contribution < -0.4 is 0 Å². The summed E-state index contributed by atoms with van der Waals surface area (Å²) in [6.07, 6.45) is 26.2. The molecule has 0 aromatic carbocycles. The summed E-state index contributed by atoms with van der Waals surface area (Å²) in [5.41, 5.74) is 0. The minimum absolute atomic E-state index is 0.686. The number of methoxy groups -OCH3 is 1. The van der Waals surface area contributed by atoms with Gasteiger partial charge >= 0.3 is 0 Å². The molecule has 0 aliphatic carbocycles. The first-order chi connectivity index (χ1) is 18.8. The zero-order chi connectivity index (χ0) is 27.6. The predicted octanol–water partition coefficient (Wildman–Crippen LogP) is 8.83. The van der Waals surface area contributed by atoms with Crippen LogP contribution in [-0.2, 0) is 18.9 Å². The molecule has 0 saturated heterocycles. The van der Waals surface area contributed by atoms with Crippen LogP contribution in [0.15, 0.2) is 0 Å². The molecule has 0 aliphatic rings. The maximum Gasteiger partial charge on any atom is 0.0700 e. The van der Waals surface area contributed by atoms with Crippen LogP contribution in [0, 0.1) is 0 Å². The molecule has 0 saturated carbocycles. The van der Waals surface area contributed by atoms with Gasteiger partial charge in [-0.15, -0.1) is 0 Å². The van der Waals surface area contributed by atoms with Crippen molar-refractivity contribution in [3.63, 3.8) is 0 Å². The van der Waals surface area contributed by atoms with E-state index < -0.39 is 0 Å². The molecule has 0 aromatic heterocycles. The Hall–Kier alpha value is -0.200. The molecule has 5 heteroatoms. The lowest BCUT2D eigenvalue weighted by Gasteiger charge is -2.22. The van der Waals surface area contributed by atoms with E-state index in [0.29, 0.717) is 13.2 Å². The molecule has 0 fully saturated rings. The maximum absolute atomic E-state index is 5.81. The fourth-order valence-corrected chi connectivity index (χ4v) is 4.73. The van der Waals surface area contributed by atoms with Crippen molar-refractivity contribution in [3.05, 3.63) is 0 Å². The average molecular weight is 544 g/mol. The molecule has 5 nitrogen and oxygen atoms in total. The molecule has 0 aliphatic heterocycles. The monoisotopic (exact) mass is 544 g/mol. The van der Waals surface area contributed by atoms with E-state index in [1.165, 1.54) is 142 Å². The van der Waals surface area contributed by atoms with Gasteiger partial charge in [-0.3, -0.25) is 0 Å². The lowest BCUT2D eigenvalue weighted by molar-refractivity contribution is 0.0565. The lowest BCUT2D eigenvalue weighted by atomic mass is 10.1. The highest BCUT2D eigenvalue weighted by atomic mass is 16.5. The van der Waals surface area contributed by atoms with Crippen molar-refractivity contribution in [3.8, 4) is 0 Å². The highest BCUT2D eigenvalue weighted by molar-refractivity contribution is 4.60. The normalized spacial score (nSPS) is 11.7. The fraction of sp³-hybridized carbons (Fsp3) is 1.00. The Labute approximate surface area is 239 Å². The van der Waals surface area contributed by atoms with Crippen LogP contribution in [0.4, 0.5) is 0 Å². The Morgan fingerprint density at radius 2 is 0.711 bits per heavy atom. The van der Waals surface area contributed by atoms with Crippen molar-refractivity contribution in [2.75, 3.05) is 73.0 Å². The van der Waals surface area contributed by atoms with E-state index in [-0.39, 0.29) is 0 Å². The van der Waals surface area contributed by atoms with Crippen molar-refractivity contribution >= 4 is 0 Å². The Kier molecular flexibility index (Phi) is 34.6. The quantitative estimate of drug-likeness (QED) is 0.0758. The SMILES string of the molecule is CCCCCCCOCCCCCCCN(CCCCCCCOCCCCCCC)CCOCCOC. The maximum atomic E-state index is 5.81. The number of ether oxygens (including phenoxy) is 4. The molecule has 0 heterocycles. The van der Waals surface area contributed by atoms with E-state index in [2.05, 4.69) is 18.7 Å². The Bertz CT molecular complexity index is 380. The summed E-state index contributed by atoms with van der Waals surface area (Å²) in [5, 5.41) is 0. The standard InChI is InChI=1S/C33H69NO4/c1-4-6-8-14-20-27-36-29-22-16-10-12-18-24-34(26-31-38-33-32-35-3)25-19-13-11-17-23-30-37-28-21-15-9-7-5-2/h4-33H2,1-3H3. The first-order valence-electron chi connectivity index (χ1n) is 16.8. The van der Waals surface area contributed by atoms with Gasteiger partial charge in [-0.2, -0.15) is 0 Å². The van der Waals surface area contributed by atoms with Gasteiger partial charge in [-0.1, -0.05) is 104 Å². The van der Waals surface area contributed by atoms with E-state index in [1.807, 2.05) is 0 Å². The smallest absolute Gasteiger partial charge is 0.0700 e. The van der Waals surface area contributed by atoms with Gasteiger partial charge in [0.2, 0.25) is 0 Å². The van der Waals surface area contributed by atoms with Crippen molar-refractivity contribution < 1.29 is 18.9 Å². The molecule has 0 unspecified atom stereocenters. The van der Waals surface area contributed by atoms with Gasteiger partial charge in [0, 0.05) is 40.1 Å². The second kappa shape index (κ2) is 34.8. The van der Waals surface area contributed by atoms with E-state index in [1.54, 1.807) is 7.11 Å². The van der Waals surface area contributed by atoms with Crippen LogP contribution in [0.25, 0.3) is 0 Å². The summed E-state index contributed by atoms with van der Waals surface area (Å²) < 4.78 is 22.5. The Balaban J connectivity index is 3.70. The summed E-state index contributed by atoms with van der Waals surface area (Å²) in [5.74, 6) is 0. The molecule has 0 N–H and O–H groups in total. The number of hydrogen-bond acceptors (Lipinski definition) is 5. The molecular formula is C33H69NO4. The molecule has 0 radical (unpaired) electrons. The molecule has 0 aromatic rings. The minimum atomic E-state index is 0.686. The highest BCUT2D eigenvalue weighted by Crippen LogP contribution is 2.09. The second-order valence-electron chi connectivity index (χ2n) is 11.0. The molecule has 38 heavy (non-hydrogen) atoms. The van der Waals surface area contributed by atoms with Gasteiger partial charge in [0.15, 0.2) is 0 Å². The Morgan fingerprint density at radius 3 is 1.13 bits per heavy atom. The summed E-state index contributed by atoms with van der Waals surface area (Å²) >= 11 is 0. The topological polar surface area (TPSA) is 40.2 Å². The molecule has 230 valence electrons. The largest absolute Gasteiger partial charge is 0.382 e. The first kappa shape index (κ1) is 37.8. The molecule has 0 amide bonds. The average Bonchev–Trinajstić information content (AvgIpc) is 2.93. The molecule has 0 bridgehead atoms. The fourth-order valence-electron chi connectivity index (χ4n) is 4.73. The zero-order valence-corrected chi connectivity index (χ0v) is 26.3. The summed E-state index contributed by atoms with van der Waals surface area (Å²) in [7, 11) is 1.73. The van der Waals surface area contributed by atoms with Crippen LogP contribution in [-0.4, -0.2) is 77.9 Å². The Morgan fingerprint density at radius 1 is 0.342 bits per heavy atom. The van der Waals surface area contributed by atoms with Gasteiger partial charge in [0.1, 0.15) is 0 Å². The van der Waals surface area contributed by atoms with Crippen LogP contribution in [0.2, 0.25) is 0 Å². The summed E-state index contributed by atoms with van der Waals surface area (Å²) in [6.45, 7) is 14.0. The van der Waals surface area contributed by atoms with E-state index in [9.17, 15) is 0 Å². The number of nitrogens with zero attached hydrogens (tertiary/aromatic N) is 1. The van der Waals surface area contributed by atoms with Crippen LogP contribution >= 0.6 is 0 Å². The van der Waals surface area contributed by atoms with E-state index >= 15 is 0 Å². The van der Waals surface area contributed by atoms with Gasteiger partial charge in [0.25, 0.3) is 0 Å². The zero-order valence-electron chi connectivity index (χ0n) is 26.3. The van der Waals surface area contributed by atoms with Gasteiger partial charge < -0.3 is 23.8 Å². The highest BCUT2D eigenvalue weighted by Gasteiger charge is 2.05. The molecular weight excluding hydrogens is 474 g/mol. The molecule has 0 atom stereocenters. The van der Waals surface area contributed by atoms with E-state index in [0.717, 1.165) is 39.6 Å². The summed E-state index contributed by atoms with van der Waals surface area (Å²) in [4.78, 5) is 2.62. The van der Waals surface area contributed by atoms with Gasteiger partial charge in [0.05, 0.1) is 19.8 Å². The van der Waals surface area contributed by atoms with Crippen LogP contribution in [0.5, 0.6) is 0 Å². The van der Waals surface area contributed by atoms with E-state index in [4.69, 9.17) is 18.9 Å². The third-order valence-corrected chi connectivity index (χ3v) is 7.29.